The third-order valence-corrected chi connectivity index (χ3v) is 6.10. The van der Waals surface area contributed by atoms with Crippen LogP contribution in [0.3, 0.4) is 0 Å². The normalized spacial score (nSPS) is 11.2. The van der Waals surface area contributed by atoms with E-state index in [1.807, 2.05) is 60.7 Å². The Morgan fingerprint density at radius 1 is 0.750 bits per heavy atom. The van der Waals surface area contributed by atoms with Gasteiger partial charge < -0.3 is 4.57 Å². The van der Waals surface area contributed by atoms with Crippen LogP contribution in [0.5, 0.6) is 0 Å². The molecule has 0 fully saturated rings. The van der Waals surface area contributed by atoms with E-state index in [1.165, 1.54) is 12.1 Å². The molecule has 0 spiro atoms. The van der Waals surface area contributed by atoms with Crippen LogP contribution in [0.1, 0.15) is 5.56 Å². The predicted molar refractivity (Wildman–Crippen MR) is 147 cm³/mol. The number of nitro groups is 1. The summed E-state index contributed by atoms with van der Waals surface area (Å²) in [5.41, 5.74) is 6.14. The third kappa shape index (κ3) is 4.93. The number of aliphatic imine (C=N–C) groups is 1. The van der Waals surface area contributed by atoms with E-state index in [9.17, 15) is 10.1 Å². The molecule has 0 amide bonds. The molecule has 5 aromatic rings. The molecule has 1 aromatic heterocycles. The van der Waals surface area contributed by atoms with Crippen molar-refractivity contribution < 1.29 is 4.92 Å². The Balaban J connectivity index is 1.76. The fourth-order valence-corrected chi connectivity index (χ4v) is 4.61. The van der Waals surface area contributed by atoms with E-state index in [0.717, 1.165) is 33.8 Å². The lowest BCUT2D eigenvalue weighted by atomic mass is 10.1. The highest BCUT2D eigenvalue weighted by atomic mass is 35.5. The van der Waals surface area contributed by atoms with Gasteiger partial charge in [-0.15, -0.1) is 0 Å². The largest absolute Gasteiger partial charge is 0.309 e. The quantitative estimate of drug-likeness (QED) is 0.130. The summed E-state index contributed by atoms with van der Waals surface area (Å²) in [5.74, 6) is 0. The van der Waals surface area contributed by atoms with Crippen molar-refractivity contribution in [2.75, 3.05) is 0 Å². The van der Waals surface area contributed by atoms with Crippen molar-refractivity contribution in [1.29, 1.82) is 0 Å². The molecule has 0 aliphatic rings. The van der Waals surface area contributed by atoms with Gasteiger partial charge >= 0.3 is 0 Å². The predicted octanol–water partition coefficient (Wildman–Crippen LogP) is 8.78. The van der Waals surface area contributed by atoms with Gasteiger partial charge in [0.05, 0.1) is 22.0 Å². The first-order valence-electron chi connectivity index (χ1n) is 11.1. The highest BCUT2D eigenvalue weighted by molar-refractivity contribution is 6.35. The minimum absolute atomic E-state index is 0.0352. The molecule has 5 nitrogen and oxygen atoms in total. The SMILES string of the molecule is O=[N+]([O-])c1ccc(-n2c(-c3ccccc3)cc(C=Nc3cc(Cl)cc(Cl)c3)c2-c2ccccc2)cc1. The molecule has 0 bridgehead atoms. The second-order valence-electron chi connectivity index (χ2n) is 8.06. The van der Waals surface area contributed by atoms with Crippen LogP contribution in [0, 0.1) is 10.1 Å². The summed E-state index contributed by atoms with van der Waals surface area (Å²) in [7, 11) is 0. The number of aromatic nitrogens is 1. The highest BCUT2D eigenvalue weighted by Crippen LogP contribution is 2.36. The molecule has 36 heavy (non-hydrogen) atoms. The maximum atomic E-state index is 11.3. The molecule has 0 radical (unpaired) electrons. The molecule has 1 heterocycles. The van der Waals surface area contributed by atoms with E-state index >= 15 is 0 Å². The van der Waals surface area contributed by atoms with Crippen molar-refractivity contribution in [2.45, 2.75) is 0 Å². The first kappa shape index (κ1) is 23.5. The molecule has 5 rings (SSSR count). The fraction of sp³-hybridized carbons (Fsp3) is 0. The zero-order valence-electron chi connectivity index (χ0n) is 18.9. The van der Waals surface area contributed by atoms with Crippen molar-refractivity contribution >= 4 is 40.8 Å². The van der Waals surface area contributed by atoms with Crippen LogP contribution in [0.25, 0.3) is 28.2 Å². The number of halogens is 2. The van der Waals surface area contributed by atoms with Gasteiger partial charge in [0, 0.05) is 39.6 Å². The Labute approximate surface area is 218 Å². The van der Waals surface area contributed by atoms with Crippen LogP contribution in [0.15, 0.2) is 114 Å². The molecule has 0 atom stereocenters. The van der Waals surface area contributed by atoms with Crippen molar-refractivity contribution in [1.82, 2.24) is 4.57 Å². The van der Waals surface area contributed by atoms with E-state index in [-0.39, 0.29) is 5.69 Å². The lowest BCUT2D eigenvalue weighted by Gasteiger charge is -2.15. The first-order chi connectivity index (χ1) is 17.5. The van der Waals surface area contributed by atoms with Gasteiger partial charge in [0.15, 0.2) is 0 Å². The summed E-state index contributed by atoms with van der Waals surface area (Å²) < 4.78 is 2.10. The standard InChI is InChI=1S/C29H19Cl2N3O2/c30-23-16-24(31)18-25(17-23)32-19-22-15-28(20-7-3-1-4-8-20)33(29(22)21-9-5-2-6-10-21)26-11-13-27(14-12-26)34(35)36/h1-19H. The number of non-ortho nitro benzene ring substituents is 1. The maximum absolute atomic E-state index is 11.3. The van der Waals surface area contributed by atoms with E-state index < -0.39 is 4.92 Å². The highest BCUT2D eigenvalue weighted by Gasteiger charge is 2.19. The zero-order chi connectivity index (χ0) is 25.1. The third-order valence-electron chi connectivity index (χ3n) is 5.67. The topological polar surface area (TPSA) is 60.4 Å². The van der Waals surface area contributed by atoms with Gasteiger partial charge in [-0.25, -0.2) is 0 Å². The van der Waals surface area contributed by atoms with Gasteiger partial charge in [-0.2, -0.15) is 0 Å². The van der Waals surface area contributed by atoms with Gasteiger partial charge in [-0.1, -0.05) is 83.9 Å². The van der Waals surface area contributed by atoms with Crippen molar-refractivity contribution in [2.24, 2.45) is 4.99 Å². The minimum Gasteiger partial charge on any atom is -0.309 e. The number of hydrogen-bond donors (Lipinski definition) is 0. The van der Waals surface area contributed by atoms with E-state index in [4.69, 9.17) is 23.2 Å². The average molecular weight is 512 g/mol. The molecule has 4 aromatic carbocycles. The molecule has 0 N–H and O–H groups in total. The Bertz CT molecular complexity index is 1540. The molecular weight excluding hydrogens is 493 g/mol. The Morgan fingerprint density at radius 2 is 1.33 bits per heavy atom. The van der Waals surface area contributed by atoms with Crippen molar-refractivity contribution in [3.8, 4) is 28.2 Å². The fourth-order valence-electron chi connectivity index (χ4n) is 4.09. The molecule has 0 aliphatic carbocycles. The summed E-state index contributed by atoms with van der Waals surface area (Å²) >= 11 is 12.3. The lowest BCUT2D eigenvalue weighted by molar-refractivity contribution is -0.384. The van der Waals surface area contributed by atoms with Gasteiger partial charge in [0.25, 0.3) is 5.69 Å². The summed E-state index contributed by atoms with van der Waals surface area (Å²) in [4.78, 5) is 15.5. The first-order valence-corrected chi connectivity index (χ1v) is 11.9. The van der Waals surface area contributed by atoms with Crippen LogP contribution in [-0.4, -0.2) is 15.7 Å². The molecule has 0 saturated carbocycles. The van der Waals surface area contributed by atoms with Gasteiger partial charge in [-0.05, 0) is 47.5 Å². The Hall–Kier alpha value is -4.19. The average Bonchev–Trinajstić information content (AvgIpc) is 3.27. The van der Waals surface area contributed by atoms with Crippen LogP contribution < -0.4 is 0 Å². The molecule has 0 unspecified atom stereocenters. The van der Waals surface area contributed by atoms with Crippen LogP contribution in [-0.2, 0) is 0 Å². The molecule has 0 saturated heterocycles. The molecule has 0 aliphatic heterocycles. The van der Waals surface area contributed by atoms with Crippen LogP contribution >= 0.6 is 23.2 Å². The van der Waals surface area contributed by atoms with Gasteiger partial charge in [-0.3, -0.25) is 15.1 Å². The molecular formula is C29H19Cl2N3O2. The van der Waals surface area contributed by atoms with E-state index in [1.54, 1.807) is 36.5 Å². The number of nitro benzene ring substituents is 1. The van der Waals surface area contributed by atoms with Gasteiger partial charge in [0.1, 0.15) is 0 Å². The lowest BCUT2D eigenvalue weighted by Crippen LogP contribution is -2.01. The van der Waals surface area contributed by atoms with Crippen LogP contribution in [0.2, 0.25) is 10.0 Å². The molecule has 176 valence electrons. The second kappa shape index (κ2) is 10.2. The summed E-state index contributed by atoms with van der Waals surface area (Å²) in [5, 5.41) is 12.3. The zero-order valence-corrected chi connectivity index (χ0v) is 20.4. The minimum atomic E-state index is -0.399. The van der Waals surface area contributed by atoms with Crippen molar-refractivity contribution in [3.63, 3.8) is 0 Å². The Morgan fingerprint density at radius 3 is 1.92 bits per heavy atom. The summed E-state index contributed by atoms with van der Waals surface area (Å²) in [6, 6.07) is 33.7. The summed E-state index contributed by atoms with van der Waals surface area (Å²) in [6.07, 6.45) is 1.79. The number of hydrogen-bond acceptors (Lipinski definition) is 3. The maximum Gasteiger partial charge on any atom is 0.269 e. The molecule has 7 heteroatoms. The monoisotopic (exact) mass is 511 g/mol. The van der Waals surface area contributed by atoms with Gasteiger partial charge in [0.2, 0.25) is 0 Å². The van der Waals surface area contributed by atoms with Crippen molar-refractivity contribution in [3.05, 3.63) is 135 Å². The number of rotatable bonds is 6. The number of benzene rings is 4. The Kier molecular flexibility index (Phi) is 6.67. The second-order valence-corrected chi connectivity index (χ2v) is 8.93. The smallest absolute Gasteiger partial charge is 0.269 e. The van der Waals surface area contributed by atoms with E-state index in [0.29, 0.717) is 15.7 Å². The van der Waals surface area contributed by atoms with Crippen LogP contribution in [0.4, 0.5) is 11.4 Å². The van der Waals surface area contributed by atoms with E-state index in [2.05, 4.69) is 15.6 Å². The summed E-state index contributed by atoms with van der Waals surface area (Å²) in [6.45, 7) is 0. The number of nitrogens with zero attached hydrogens (tertiary/aromatic N) is 3.